The number of pyridine rings is 2. The lowest BCUT2D eigenvalue weighted by molar-refractivity contribution is 0.0880. The van der Waals surface area contributed by atoms with Crippen LogP contribution in [0.25, 0.3) is 55.2 Å². The monoisotopic (exact) mass is 513 g/mol. The smallest absolute Gasteiger partial charge is 0.178 e. The summed E-state index contributed by atoms with van der Waals surface area (Å²) >= 11 is 1.08. The number of imidazole rings is 1. The number of hydrogen-bond acceptors (Lipinski definition) is 7. The first-order chi connectivity index (χ1) is 17.8. The summed E-state index contributed by atoms with van der Waals surface area (Å²) in [7, 11) is 0. The molecule has 0 radical (unpaired) electrons. The van der Waals surface area contributed by atoms with E-state index in [0.717, 1.165) is 55.0 Å². The van der Waals surface area contributed by atoms with Crippen LogP contribution < -0.4 is 5.32 Å². The molecule has 1 atom stereocenters. The zero-order chi connectivity index (χ0) is 25.7. The summed E-state index contributed by atoms with van der Waals surface area (Å²) in [6.07, 6.45) is 4.43. The van der Waals surface area contributed by atoms with Gasteiger partial charge in [-0.3, -0.25) is 10.1 Å². The van der Waals surface area contributed by atoms with Gasteiger partial charge in [-0.15, -0.1) is 11.3 Å². The number of aromatic nitrogens is 6. The minimum atomic E-state index is -0.718. The van der Waals surface area contributed by atoms with E-state index >= 15 is 0 Å². The Kier molecular flexibility index (Phi) is 5.50. The number of aliphatic hydroxyl groups excluding tert-OH is 1. The highest BCUT2D eigenvalue weighted by atomic mass is 32.1. The van der Waals surface area contributed by atoms with Gasteiger partial charge >= 0.3 is 0 Å². The molecule has 1 unspecified atom stereocenters. The number of anilines is 1. The van der Waals surface area contributed by atoms with Crippen molar-refractivity contribution in [2.24, 2.45) is 5.41 Å². The minimum Gasteiger partial charge on any atom is -0.373 e. The Morgan fingerprint density at radius 2 is 1.92 bits per heavy atom. The van der Waals surface area contributed by atoms with E-state index in [9.17, 15) is 9.50 Å². The molecule has 0 fully saturated rings. The molecular weight excluding hydrogens is 489 g/mol. The van der Waals surface area contributed by atoms with Crippen molar-refractivity contribution in [3.63, 3.8) is 0 Å². The highest BCUT2D eigenvalue weighted by Crippen LogP contribution is 2.35. The lowest BCUT2D eigenvalue weighted by atomic mass is 9.94. The Morgan fingerprint density at radius 3 is 2.70 bits per heavy atom. The summed E-state index contributed by atoms with van der Waals surface area (Å²) in [5.74, 6) is 0.567. The van der Waals surface area contributed by atoms with Crippen molar-refractivity contribution in [1.82, 2.24) is 30.1 Å². The number of thiophene rings is 1. The van der Waals surface area contributed by atoms with Gasteiger partial charge in [-0.1, -0.05) is 26.8 Å². The number of halogens is 1. The Balaban J connectivity index is 1.39. The van der Waals surface area contributed by atoms with E-state index in [2.05, 4.69) is 35.5 Å². The molecule has 0 aliphatic rings. The quantitative estimate of drug-likeness (QED) is 0.204. The van der Waals surface area contributed by atoms with E-state index in [1.807, 2.05) is 51.1 Å². The van der Waals surface area contributed by atoms with Crippen LogP contribution in [0, 0.1) is 10.5 Å². The molecule has 5 heterocycles. The third-order valence-electron chi connectivity index (χ3n) is 6.21. The topological polar surface area (TPSA) is 115 Å². The number of hydrogen-bond donors (Lipinski definition) is 4. The average molecular weight is 514 g/mol. The van der Waals surface area contributed by atoms with E-state index in [-0.39, 0.29) is 10.5 Å². The van der Waals surface area contributed by atoms with Crippen LogP contribution in [0.5, 0.6) is 0 Å². The number of nitrogens with one attached hydrogen (secondary N) is 3. The lowest BCUT2D eigenvalue weighted by Gasteiger charge is -2.27. The van der Waals surface area contributed by atoms with Crippen LogP contribution in [0.15, 0.2) is 61.1 Å². The van der Waals surface area contributed by atoms with Crippen molar-refractivity contribution in [2.45, 2.75) is 27.0 Å². The van der Waals surface area contributed by atoms with Crippen LogP contribution in [-0.2, 0) is 0 Å². The average Bonchev–Trinajstić information content (AvgIpc) is 3.60. The molecule has 186 valence electrons. The summed E-state index contributed by atoms with van der Waals surface area (Å²) in [4.78, 5) is 17.6. The highest BCUT2D eigenvalue weighted by molar-refractivity contribution is 7.14. The first-order valence-corrected chi connectivity index (χ1v) is 12.6. The van der Waals surface area contributed by atoms with Crippen LogP contribution in [0.2, 0.25) is 0 Å². The van der Waals surface area contributed by atoms with Crippen molar-refractivity contribution in [3.05, 3.63) is 66.2 Å². The number of aliphatic hydroxyl groups is 1. The molecule has 10 heteroatoms. The molecule has 0 saturated carbocycles. The Morgan fingerprint density at radius 1 is 1.05 bits per heavy atom. The van der Waals surface area contributed by atoms with Crippen molar-refractivity contribution in [2.75, 3.05) is 5.32 Å². The van der Waals surface area contributed by atoms with Crippen molar-refractivity contribution < 1.29 is 9.50 Å². The zero-order valence-corrected chi connectivity index (χ0v) is 21.2. The van der Waals surface area contributed by atoms with Crippen molar-refractivity contribution >= 4 is 39.1 Å². The zero-order valence-electron chi connectivity index (χ0n) is 20.4. The fourth-order valence-electron chi connectivity index (χ4n) is 4.11. The fourth-order valence-corrected chi connectivity index (χ4v) is 4.88. The van der Waals surface area contributed by atoms with Crippen LogP contribution in [0.3, 0.4) is 0 Å². The van der Waals surface area contributed by atoms with E-state index in [0.29, 0.717) is 17.2 Å². The molecule has 6 aromatic rings. The molecule has 0 aliphatic carbocycles. The molecule has 0 spiro atoms. The lowest BCUT2D eigenvalue weighted by Crippen LogP contribution is -2.33. The van der Waals surface area contributed by atoms with Gasteiger partial charge in [0.15, 0.2) is 16.6 Å². The molecule has 0 aliphatic heterocycles. The molecular formula is C27H24FN7OS. The molecule has 0 bridgehead atoms. The summed E-state index contributed by atoms with van der Waals surface area (Å²) in [5, 5.41) is 21.8. The first kappa shape index (κ1) is 23.3. The second-order valence-corrected chi connectivity index (χ2v) is 11.0. The van der Waals surface area contributed by atoms with Gasteiger partial charge in [0.2, 0.25) is 0 Å². The molecule has 4 N–H and O–H groups in total. The Labute approximate surface area is 215 Å². The largest absolute Gasteiger partial charge is 0.373 e. The first-order valence-electron chi connectivity index (χ1n) is 11.8. The number of nitrogens with zero attached hydrogens (tertiary/aromatic N) is 4. The predicted octanol–water partition coefficient (Wildman–Crippen LogP) is 6.21. The predicted molar refractivity (Wildman–Crippen MR) is 145 cm³/mol. The van der Waals surface area contributed by atoms with Gasteiger partial charge in [0.25, 0.3) is 0 Å². The number of H-pyrrole nitrogens is 2. The maximum absolute atomic E-state index is 13.7. The van der Waals surface area contributed by atoms with E-state index in [1.165, 1.54) is 6.07 Å². The third-order valence-corrected chi connectivity index (χ3v) is 7.12. The van der Waals surface area contributed by atoms with Gasteiger partial charge in [-0.05, 0) is 42.0 Å². The van der Waals surface area contributed by atoms with Gasteiger partial charge in [0, 0.05) is 39.2 Å². The van der Waals surface area contributed by atoms with Crippen LogP contribution in [-0.4, -0.2) is 41.5 Å². The standard InChI is InChI=1S/C27H24FN7OS/c1-27(2,3)26(36)31-16-10-15(12-29-13-16)14-4-5-19-18(11-14)23(35-34-19)25-32-22-17(8-9-30-24(22)33-25)20-6-7-21(28)37-20/h4-13,26,31,36H,1-3H3,(H,34,35)(H,30,32,33). The summed E-state index contributed by atoms with van der Waals surface area (Å²) in [5.41, 5.74) is 5.87. The van der Waals surface area contributed by atoms with Gasteiger partial charge in [0.05, 0.1) is 22.9 Å². The van der Waals surface area contributed by atoms with Crippen molar-refractivity contribution in [1.29, 1.82) is 0 Å². The summed E-state index contributed by atoms with van der Waals surface area (Å²) in [6, 6.07) is 13.0. The molecule has 5 aromatic heterocycles. The van der Waals surface area contributed by atoms with E-state index in [4.69, 9.17) is 0 Å². The maximum Gasteiger partial charge on any atom is 0.178 e. The molecule has 0 saturated heterocycles. The van der Waals surface area contributed by atoms with Crippen molar-refractivity contribution in [3.8, 4) is 33.1 Å². The Bertz CT molecular complexity index is 1750. The molecule has 0 amide bonds. The van der Waals surface area contributed by atoms with E-state index in [1.54, 1.807) is 24.7 Å². The number of benzene rings is 1. The fraction of sp³-hybridized carbons (Fsp3) is 0.185. The second-order valence-electron chi connectivity index (χ2n) is 9.95. The summed E-state index contributed by atoms with van der Waals surface area (Å²) in [6.45, 7) is 5.89. The minimum absolute atomic E-state index is 0.243. The van der Waals surface area contributed by atoms with Gasteiger partial charge < -0.3 is 15.4 Å². The van der Waals surface area contributed by atoms with Crippen LogP contribution in [0.1, 0.15) is 20.8 Å². The third kappa shape index (κ3) is 4.34. The number of fused-ring (bicyclic) bond motifs is 2. The molecule has 37 heavy (non-hydrogen) atoms. The van der Waals surface area contributed by atoms with Crippen LogP contribution in [0.4, 0.5) is 10.1 Å². The SMILES string of the molecule is CC(C)(C)C(O)Nc1cncc(-c2ccc3[nH]nc(-c4nc5nccc(-c6ccc(F)s6)c5[nH]4)c3c2)c1. The highest BCUT2D eigenvalue weighted by Gasteiger charge is 2.22. The van der Waals surface area contributed by atoms with Gasteiger partial charge in [-0.25, -0.2) is 9.97 Å². The molecule has 6 rings (SSSR count). The molecule has 8 nitrogen and oxygen atoms in total. The number of aromatic amines is 2. The van der Waals surface area contributed by atoms with E-state index < -0.39 is 6.23 Å². The number of rotatable bonds is 5. The molecule has 1 aromatic carbocycles. The normalized spacial score (nSPS) is 12.9. The maximum atomic E-state index is 13.7. The van der Waals surface area contributed by atoms with Gasteiger partial charge in [-0.2, -0.15) is 9.49 Å². The van der Waals surface area contributed by atoms with Gasteiger partial charge in [0.1, 0.15) is 11.9 Å². The summed E-state index contributed by atoms with van der Waals surface area (Å²) < 4.78 is 13.7. The second kappa shape index (κ2) is 8.75. The van der Waals surface area contributed by atoms with Crippen LogP contribution >= 0.6 is 11.3 Å². The Hall–Kier alpha value is -4.15.